The van der Waals surface area contributed by atoms with Gasteiger partial charge in [0.05, 0.1) is 17.7 Å². The second-order valence-corrected chi connectivity index (χ2v) is 5.71. The molecule has 0 bridgehead atoms. The summed E-state index contributed by atoms with van der Waals surface area (Å²) in [7, 11) is 0. The number of benzene rings is 1. The number of non-ortho nitro benzene ring substituents is 1. The van der Waals surface area contributed by atoms with Gasteiger partial charge in [0.2, 0.25) is 0 Å². The number of ether oxygens (including phenoxy) is 1. The fourth-order valence-corrected chi connectivity index (χ4v) is 2.28. The molecule has 8 heteroatoms. The summed E-state index contributed by atoms with van der Waals surface area (Å²) in [4.78, 5) is 14.6. The Morgan fingerprint density at radius 1 is 1.21 bits per heavy atom. The Hall–Kier alpha value is -1.89. The van der Waals surface area contributed by atoms with Crippen molar-refractivity contribution in [1.82, 2.24) is 4.98 Å². The molecule has 1 fully saturated rings. The van der Waals surface area contributed by atoms with Gasteiger partial charge >= 0.3 is 0 Å². The number of hydrogen-bond donors (Lipinski definition) is 1. The molecule has 0 atom stereocenters. The van der Waals surface area contributed by atoms with Gasteiger partial charge in [-0.25, -0.2) is 0 Å². The number of nitrogens with two attached hydrogens (primary N) is 1. The van der Waals surface area contributed by atoms with E-state index in [1.807, 2.05) is 12.1 Å². The Morgan fingerprint density at radius 3 is 2.58 bits per heavy atom. The van der Waals surface area contributed by atoms with Gasteiger partial charge in [-0.05, 0) is 24.5 Å². The van der Waals surface area contributed by atoms with Gasteiger partial charge in [0.1, 0.15) is 5.75 Å². The van der Waals surface area contributed by atoms with E-state index in [1.165, 1.54) is 12.1 Å². The second-order valence-electron chi connectivity index (χ2n) is 5.71. The summed E-state index contributed by atoms with van der Waals surface area (Å²) in [6, 6.07) is 8.32. The molecule has 0 unspecified atom stereocenters. The summed E-state index contributed by atoms with van der Waals surface area (Å²) in [5.41, 5.74) is 7.46. The third-order valence-electron chi connectivity index (χ3n) is 4.04. The highest BCUT2D eigenvalue weighted by atomic mass is 35.5. The average Bonchev–Trinajstić information content (AvgIpc) is 3.34. The number of nitrogens with zero attached hydrogens (tertiary/aromatic N) is 2. The summed E-state index contributed by atoms with van der Waals surface area (Å²) < 4.78 is 5.79. The van der Waals surface area contributed by atoms with E-state index in [-0.39, 0.29) is 35.9 Å². The molecule has 2 aromatic rings. The van der Waals surface area contributed by atoms with E-state index in [2.05, 4.69) is 4.98 Å². The van der Waals surface area contributed by atoms with Crippen molar-refractivity contribution in [1.29, 1.82) is 0 Å². The molecule has 0 aliphatic heterocycles. The number of aromatic nitrogens is 1. The van der Waals surface area contributed by atoms with Crippen molar-refractivity contribution >= 4 is 30.5 Å². The second kappa shape index (κ2) is 8.28. The zero-order chi connectivity index (χ0) is 15.6. The fourth-order valence-electron chi connectivity index (χ4n) is 2.28. The molecular formula is C16H19Cl2N3O3. The number of rotatable bonds is 6. The van der Waals surface area contributed by atoms with Gasteiger partial charge in [-0.2, -0.15) is 0 Å². The molecule has 0 saturated heterocycles. The first-order chi connectivity index (χ1) is 10.6. The molecule has 0 spiro atoms. The number of hydrogen-bond acceptors (Lipinski definition) is 5. The van der Waals surface area contributed by atoms with E-state index in [0.29, 0.717) is 18.9 Å². The summed E-state index contributed by atoms with van der Waals surface area (Å²) in [6.07, 6.45) is 5.51. The Labute approximate surface area is 152 Å². The predicted octanol–water partition coefficient (Wildman–Crippen LogP) is 3.62. The van der Waals surface area contributed by atoms with E-state index < -0.39 is 4.92 Å². The van der Waals surface area contributed by atoms with Crippen LogP contribution in [0.1, 0.15) is 12.8 Å². The molecule has 6 nitrogen and oxygen atoms in total. The maximum absolute atomic E-state index is 10.9. The summed E-state index contributed by atoms with van der Waals surface area (Å²) in [5.74, 6) is 0.656. The van der Waals surface area contributed by atoms with Crippen LogP contribution >= 0.6 is 24.8 Å². The Morgan fingerprint density at radius 2 is 1.96 bits per heavy atom. The van der Waals surface area contributed by atoms with E-state index in [9.17, 15) is 10.1 Å². The van der Waals surface area contributed by atoms with Gasteiger partial charge < -0.3 is 10.5 Å². The Bertz CT molecular complexity index is 708. The first-order valence-corrected chi connectivity index (χ1v) is 7.15. The van der Waals surface area contributed by atoms with Crippen molar-refractivity contribution in [3.63, 3.8) is 0 Å². The third kappa shape index (κ3) is 4.56. The lowest BCUT2D eigenvalue weighted by molar-refractivity contribution is -0.384. The van der Waals surface area contributed by atoms with Crippen molar-refractivity contribution in [2.75, 3.05) is 13.2 Å². The van der Waals surface area contributed by atoms with Gasteiger partial charge in [0, 0.05) is 35.9 Å². The molecule has 3 rings (SSSR count). The zero-order valence-electron chi connectivity index (χ0n) is 12.9. The third-order valence-corrected chi connectivity index (χ3v) is 4.04. The molecule has 1 aromatic carbocycles. The molecule has 2 N–H and O–H groups in total. The van der Waals surface area contributed by atoms with Crippen molar-refractivity contribution in [2.24, 2.45) is 11.1 Å². The van der Waals surface area contributed by atoms with E-state index >= 15 is 0 Å². The molecule has 1 aliphatic rings. The topological polar surface area (TPSA) is 91.3 Å². The molecule has 1 aromatic heterocycles. The quantitative estimate of drug-likeness (QED) is 0.618. The lowest BCUT2D eigenvalue weighted by Crippen LogP contribution is -2.22. The lowest BCUT2D eigenvalue weighted by Gasteiger charge is -2.14. The SMILES string of the molecule is Cl.Cl.NCC1(COc2cncc(-c3cccc([N+](=O)[O-])c3)c2)CC1. The molecule has 0 radical (unpaired) electrons. The van der Waals surface area contributed by atoms with Gasteiger partial charge in [-0.1, -0.05) is 12.1 Å². The highest BCUT2D eigenvalue weighted by Gasteiger charge is 2.42. The zero-order valence-corrected chi connectivity index (χ0v) is 14.5. The van der Waals surface area contributed by atoms with E-state index in [1.54, 1.807) is 18.5 Å². The predicted molar refractivity (Wildman–Crippen MR) is 97.0 cm³/mol. The first kappa shape index (κ1) is 20.2. The van der Waals surface area contributed by atoms with Crippen LogP contribution < -0.4 is 10.5 Å². The average molecular weight is 372 g/mol. The van der Waals surface area contributed by atoms with Crippen molar-refractivity contribution in [3.8, 4) is 16.9 Å². The van der Waals surface area contributed by atoms with Crippen LogP contribution in [-0.2, 0) is 0 Å². The van der Waals surface area contributed by atoms with Crippen molar-refractivity contribution in [2.45, 2.75) is 12.8 Å². The smallest absolute Gasteiger partial charge is 0.270 e. The standard InChI is InChI=1S/C16H17N3O3.2ClH/c17-10-16(4-5-16)11-22-15-7-13(8-18-9-15)12-2-1-3-14(6-12)19(20)21;;/h1-3,6-9H,4-5,10-11,17H2;2*1H. The van der Waals surface area contributed by atoms with Crippen LogP contribution in [0.4, 0.5) is 5.69 Å². The maximum atomic E-state index is 10.9. The monoisotopic (exact) mass is 371 g/mol. The molecular weight excluding hydrogens is 353 g/mol. The van der Waals surface area contributed by atoms with Crippen LogP contribution in [0.5, 0.6) is 5.75 Å². The van der Waals surface area contributed by atoms with Crippen LogP contribution in [-0.4, -0.2) is 23.1 Å². The summed E-state index contributed by atoms with van der Waals surface area (Å²) in [6.45, 7) is 1.22. The molecule has 1 aliphatic carbocycles. The minimum absolute atomic E-state index is 0. The minimum atomic E-state index is -0.407. The summed E-state index contributed by atoms with van der Waals surface area (Å²) in [5, 5.41) is 10.9. The number of pyridine rings is 1. The number of nitro groups is 1. The first-order valence-electron chi connectivity index (χ1n) is 7.15. The van der Waals surface area contributed by atoms with Crippen LogP contribution in [0.25, 0.3) is 11.1 Å². The van der Waals surface area contributed by atoms with E-state index in [4.69, 9.17) is 10.5 Å². The highest BCUT2D eigenvalue weighted by molar-refractivity contribution is 5.85. The molecule has 130 valence electrons. The van der Waals surface area contributed by atoms with Gasteiger partial charge in [0.15, 0.2) is 0 Å². The van der Waals surface area contributed by atoms with E-state index in [0.717, 1.165) is 24.0 Å². The minimum Gasteiger partial charge on any atom is -0.491 e. The largest absolute Gasteiger partial charge is 0.491 e. The number of halogens is 2. The lowest BCUT2D eigenvalue weighted by atomic mass is 10.1. The fraction of sp³-hybridized carbons (Fsp3) is 0.312. The summed E-state index contributed by atoms with van der Waals surface area (Å²) >= 11 is 0. The Balaban J connectivity index is 0.00000144. The highest BCUT2D eigenvalue weighted by Crippen LogP contribution is 2.44. The molecule has 1 heterocycles. The molecule has 24 heavy (non-hydrogen) atoms. The number of nitro benzene ring substituents is 1. The maximum Gasteiger partial charge on any atom is 0.270 e. The van der Waals surface area contributed by atoms with Gasteiger partial charge in [0.25, 0.3) is 5.69 Å². The molecule has 0 amide bonds. The van der Waals surface area contributed by atoms with Gasteiger partial charge in [-0.15, -0.1) is 24.8 Å². The van der Waals surface area contributed by atoms with Crippen LogP contribution in [0, 0.1) is 15.5 Å². The van der Waals surface area contributed by atoms with Crippen LogP contribution in [0.15, 0.2) is 42.7 Å². The normalized spacial score (nSPS) is 14.0. The van der Waals surface area contributed by atoms with Gasteiger partial charge in [-0.3, -0.25) is 15.1 Å². The van der Waals surface area contributed by atoms with Crippen LogP contribution in [0.2, 0.25) is 0 Å². The molecule has 1 saturated carbocycles. The van der Waals surface area contributed by atoms with Crippen molar-refractivity contribution < 1.29 is 9.66 Å². The van der Waals surface area contributed by atoms with Crippen molar-refractivity contribution in [3.05, 3.63) is 52.8 Å². The Kier molecular flexibility index (Phi) is 6.95. The van der Waals surface area contributed by atoms with Crippen LogP contribution in [0.3, 0.4) is 0 Å².